The highest BCUT2D eigenvalue weighted by Gasteiger charge is 2.14. The zero-order chi connectivity index (χ0) is 28.3. The third-order valence-electron chi connectivity index (χ3n) is 8.63. The van der Waals surface area contributed by atoms with Gasteiger partial charge in [-0.25, -0.2) is 4.98 Å². The Kier molecular flexibility index (Phi) is 5.20. The molecule has 0 aliphatic carbocycles. The van der Waals surface area contributed by atoms with Crippen LogP contribution in [0.4, 0.5) is 0 Å². The topological polar surface area (TPSA) is 30.7 Å². The molecule has 0 atom stereocenters. The largest absolute Gasteiger partial charge is 0.309 e. The second-order valence-electron chi connectivity index (χ2n) is 11.0. The van der Waals surface area contributed by atoms with E-state index in [0.717, 1.165) is 33.1 Å². The van der Waals surface area contributed by atoms with Crippen LogP contribution in [0.3, 0.4) is 0 Å². The third-order valence-corrected chi connectivity index (χ3v) is 8.63. The molecule has 0 N–H and O–H groups in total. The summed E-state index contributed by atoms with van der Waals surface area (Å²) in [7, 11) is 0. The predicted molar refractivity (Wildman–Crippen MR) is 180 cm³/mol. The van der Waals surface area contributed by atoms with Crippen molar-refractivity contribution in [3.8, 4) is 28.1 Å². The summed E-state index contributed by atoms with van der Waals surface area (Å²) in [6.07, 6.45) is 1.91. The SMILES string of the molecule is c1ccc(-n2c3ccccc3c3cc(-c4ccc(-c5cnc6c7ccccc7c7ccccc7c6n5)cc4)ccc32)cc1. The highest BCUT2D eigenvalue weighted by molar-refractivity contribution is 6.23. The van der Waals surface area contributed by atoms with Crippen molar-refractivity contribution in [2.75, 3.05) is 0 Å². The van der Waals surface area contributed by atoms with Gasteiger partial charge in [0.25, 0.3) is 0 Å². The van der Waals surface area contributed by atoms with Gasteiger partial charge in [-0.3, -0.25) is 4.98 Å². The Hall–Kier alpha value is -5.80. The van der Waals surface area contributed by atoms with Crippen LogP contribution < -0.4 is 0 Å². The molecule has 0 saturated carbocycles. The van der Waals surface area contributed by atoms with Gasteiger partial charge in [0.2, 0.25) is 0 Å². The van der Waals surface area contributed by atoms with Crippen molar-refractivity contribution in [3.05, 3.63) is 152 Å². The average Bonchev–Trinajstić information content (AvgIpc) is 3.42. The minimum Gasteiger partial charge on any atom is -0.309 e. The number of benzene rings is 7. The van der Waals surface area contributed by atoms with Crippen molar-refractivity contribution in [2.45, 2.75) is 0 Å². The Labute approximate surface area is 248 Å². The van der Waals surface area contributed by atoms with Crippen molar-refractivity contribution < 1.29 is 0 Å². The van der Waals surface area contributed by atoms with E-state index in [1.54, 1.807) is 0 Å². The molecule has 0 fully saturated rings. The highest BCUT2D eigenvalue weighted by atomic mass is 15.0. The summed E-state index contributed by atoms with van der Waals surface area (Å²) < 4.78 is 2.35. The minimum atomic E-state index is 0.876. The summed E-state index contributed by atoms with van der Waals surface area (Å²) in [4.78, 5) is 10.1. The van der Waals surface area contributed by atoms with E-state index < -0.39 is 0 Å². The zero-order valence-corrected chi connectivity index (χ0v) is 23.3. The Morgan fingerprint density at radius 1 is 0.395 bits per heavy atom. The Morgan fingerprint density at radius 2 is 0.953 bits per heavy atom. The van der Waals surface area contributed by atoms with Crippen LogP contribution >= 0.6 is 0 Å². The first-order chi connectivity index (χ1) is 21.3. The third kappa shape index (κ3) is 3.68. The molecule has 2 aromatic heterocycles. The molecule has 0 spiro atoms. The quantitative estimate of drug-likeness (QED) is 0.206. The lowest BCUT2D eigenvalue weighted by Gasteiger charge is -2.11. The van der Waals surface area contributed by atoms with Crippen molar-refractivity contribution >= 4 is 54.4 Å². The van der Waals surface area contributed by atoms with Crippen LogP contribution in [-0.4, -0.2) is 14.5 Å². The van der Waals surface area contributed by atoms with E-state index in [1.165, 1.54) is 49.4 Å². The molecular formula is C40H25N3. The standard InChI is InChI=1S/C40H25N3/c1-2-10-29(11-3-1)43-37-17-9-8-14-32(37)35-24-28(22-23-38(35)43)26-18-20-27(21-19-26)36-25-41-39-33-15-6-4-12-30(33)31-13-5-7-16-34(31)40(39)42-36/h1-25H. The first-order valence-electron chi connectivity index (χ1n) is 14.6. The summed E-state index contributed by atoms with van der Waals surface area (Å²) in [5.74, 6) is 0. The fraction of sp³-hybridized carbons (Fsp3) is 0. The van der Waals surface area contributed by atoms with Crippen molar-refractivity contribution in [1.82, 2.24) is 14.5 Å². The molecule has 43 heavy (non-hydrogen) atoms. The first-order valence-corrected chi connectivity index (χ1v) is 14.6. The summed E-state index contributed by atoms with van der Waals surface area (Å²) in [5, 5.41) is 7.18. The maximum absolute atomic E-state index is 5.17. The maximum Gasteiger partial charge on any atom is 0.0979 e. The summed E-state index contributed by atoms with van der Waals surface area (Å²) in [6, 6.07) is 51.7. The average molecular weight is 548 g/mol. The summed E-state index contributed by atoms with van der Waals surface area (Å²) in [6.45, 7) is 0. The Morgan fingerprint density at radius 3 is 1.70 bits per heavy atom. The van der Waals surface area contributed by atoms with Crippen LogP contribution in [0.15, 0.2) is 152 Å². The normalized spacial score (nSPS) is 11.7. The number of rotatable bonds is 3. The van der Waals surface area contributed by atoms with Gasteiger partial charge in [0.15, 0.2) is 0 Å². The van der Waals surface area contributed by atoms with Crippen molar-refractivity contribution in [2.24, 2.45) is 0 Å². The van der Waals surface area contributed by atoms with E-state index in [2.05, 4.69) is 150 Å². The van der Waals surface area contributed by atoms with E-state index in [1.807, 2.05) is 6.20 Å². The molecule has 3 nitrogen and oxygen atoms in total. The number of hydrogen-bond acceptors (Lipinski definition) is 2. The molecule has 3 heteroatoms. The van der Waals surface area contributed by atoms with Gasteiger partial charge in [0, 0.05) is 32.8 Å². The summed E-state index contributed by atoms with van der Waals surface area (Å²) in [5.41, 5.74) is 9.77. The smallest absolute Gasteiger partial charge is 0.0979 e. The molecular weight excluding hydrogens is 522 g/mol. The van der Waals surface area contributed by atoms with Crippen LogP contribution in [0.1, 0.15) is 0 Å². The molecule has 2 heterocycles. The zero-order valence-electron chi connectivity index (χ0n) is 23.3. The van der Waals surface area contributed by atoms with Gasteiger partial charge in [0.05, 0.1) is 34.0 Å². The van der Waals surface area contributed by atoms with E-state index in [-0.39, 0.29) is 0 Å². The molecule has 0 unspecified atom stereocenters. The lowest BCUT2D eigenvalue weighted by atomic mass is 9.99. The van der Waals surface area contributed by atoms with Crippen molar-refractivity contribution in [3.63, 3.8) is 0 Å². The number of aromatic nitrogens is 3. The molecule has 0 aliphatic rings. The van der Waals surface area contributed by atoms with Gasteiger partial charge >= 0.3 is 0 Å². The van der Waals surface area contributed by atoms with Gasteiger partial charge in [-0.05, 0) is 52.2 Å². The number of hydrogen-bond donors (Lipinski definition) is 0. The van der Waals surface area contributed by atoms with Crippen LogP contribution in [0, 0.1) is 0 Å². The minimum absolute atomic E-state index is 0.876. The van der Waals surface area contributed by atoms with Gasteiger partial charge in [0.1, 0.15) is 0 Å². The van der Waals surface area contributed by atoms with E-state index >= 15 is 0 Å². The number of para-hydroxylation sites is 2. The second-order valence-corrected chi connectivity index (χ2v) is 11.0. The molecule has 0 aliphatic heterocycles. The van der Waals surface area contributed by atoms with E-state index in [0.29, 0.717) is 0 Å². The van der Waals surface area contributed by atoms with Gasteiger partial charge in [-0.1, -0.05) is 115 Å². The van der Waals surface area contributed by atoms with Crippen LogP contribution in [0.25, 0.3) is 82.5 Å². The van der Waals surface area contributed by atoms with Crippen LogP contribution in [0.2, 0.25) is 0 Å². The number of nitrogens with zero attached hydrogens (tertiary/aromatic N) is 3. The lowest BCUT2D eigenvalue weighted by molar-refractivity contribution is 1.18. The van der Waals surface area contributed by atoms with E-state index in [4.69, 9.17) is 9.97 Å². The number of fused-ring (bicyclic) bond motifs is 9. The lowest BCUT2D eigenvalue weighted by Crippen LogP contribution is -1.93. The van der Waals surface area contributed by atoms with E-state index in [9.17, 15) is 0 Å². The van der Waals surface area contributed by atoms with Crippen molar-refractivity contribution in [1.29, 1.82) is 0 Å². The molecule has 200 valence electrons. The monoisotopic (exact) mass is 547 g/mol. The Balaban J connectivity index is 1.15. The molecule has 0 bridgehead atoms. The fourth-order valence-corrected chi connectivity index (χ4v) is 6.60. The molecule has 0 amide bonds. The van der Waals surface area contributed by atoms with Gasteiger partial charge in [-0.15, -0.1) is 0 Å². The first kappa shape index (κ1) is 23.9. The molecule has 9 rings (SSSR count). The van der Waals surface area contributed by atoms with Gasteiger partial charge < -0.3 is 4.57 Å². The van der Waals surface area contributed by atoms with Gasteiger partial charge in [-0.2, -0.15) is 0 Å². The fourth-order valence-electron chi connectivity index (χ4n) is 6.60. The molecule has 9 aromatic rings. The van der Waals surface area contributed by atoms with Crippen LogP contribution in [0.5, 0.6) is 0 Å². The molecule has 0 saturated heterocycles. The second kappa shape index (κ2) is 9.37. The summed E-state index contributed by atoms with van der Waals surface area (Å²) >= 11 is 0. The maximum atomic E-state index is 5.17. The highest BCUT2D eigenvalue weighted by Crippen LogP contribution is 2.36. The van der Waals surface area contributed by atoms with Crippen LogP contribution in [-0.2, 0) is 0 Å². The predicted octanol–water partition coefficient (Wildman–Crippen LogP) is 10.4. The molecule has 7 aromatic carbocycles. The Bertz CT molecular complexity index is 2450. The molecule has 0 radical (unpaired) electrons.